The summed E-state index contributed by atoms with van der Waals surface area (Å²) in [5, 5.41) is 0.637. The summed E-state index contributed by atoms with van der Waals surface area (Å²) < 4.78 is 4.92. The maximum absolute atomic E-state index is 11.6. The lowest BCUT2D eigenvalue weighted by atomic mass is 10.1. The van der Waals surface area contributed by atoms with Crippen molar-refractivity contribution in [2.45, 2.75) is 6.92 Å². The smallest absolute Gasteiger partial charge is 0.190 e. The number of hydrogen-bond acceptors (Lipinski definition) is 2. The summed E-state index contributed by atoms with van der Waals surface area (Å²) in [5.41, 5.74) is 0.375. The molecule has 0 heterocycles. The second-order valence-corrected chi connectivity index (χ2v) is 3.51. The Bertz CT molecular complexity index is 386. The first-order chi connectivity index (χ1) is 7.16. The van der Waals surface area contributed by atoms with Crippen molar-refractivity contribution in [3.8, 4) is 0 Å². The molecule has 0 fully saturated rings. The molecule has 1 aromatic rings. The molecule has 0 amide bonds. The van der Waals surface area contributed by atoms with Crippen LogP contribution in [0.4, 0.5) is 0 Å². The number of ketones is 1. The van der Waals surface area contributed by atoms with Crippen molar-refractivity contribution in [1.82, 2.24) is 0 Å². The fourth-order valence-electron chi connectivity index (χ4n) is 0.990. The fourth-order valence-corrected chi connectivity index (χ4v) is 1.38. The van der Waals surface area contributed by atoms with Crippen LogP contribution < -0.4 is 0 Å². The van der Waals surface area contributed by atoms with Crippen molar-refractivity contribution in [2.75, 3.05) is 6.61 Å². The van der Waals surface area contributed by atoms with Crippen LogP contribution in [0.15, 0.2) is 30.5 Å². The molecule has 0 spiro atoms. The number of hydrogen-bond donors (Lipinski definition) is 0. The summed E-state index contributed by atoms with van der Waals surface area (Å²) in [4.78, 5) is 11.6. The molecule has 1 rings (SSSR count). The van der Waals surface area contributed by atoms with Gasteiger partial charge in [-0.15, -0.1) is 0 Å². The van der Waals surface area contributed by atoms with Gasteiger partial charge in [-0.3, -0.25) is 4.79 Å². The first kappa shape index (κ1) is 12.1. The second-order valence-electron chi connectivity index (χ2n) is 2.72. The molecule has 0 bridgehead atoms. The van der Waals surface area contributed by atoms with E-state index in [0.29, 0.717) is 17.2 Å². The van der Waals surface area contributed by atoms with Gasteiger partial charge in [0, 0.05) is 11.6 Å². The number of benzene rings is 1. The molecule has 0 aliphatic heterocycles. The molecule has 0 aliphatic carbocycles. The van der Waals surface area contributed by atoms with Gasteiger partial charge in [-0.2, -0.15) is 0 Å². The third-order valence-corrected chi connectivity index (χ3v) is 2.52. The average molecular weight is 245 g/mol. The monoisotopic (exact) mass is 244 g/mol. The number of halogens is 2. The van der Waals surface area contributed by atoms with E-state index in [1.54, 1.807) is 18.2 Å². The quantitative estimate of drug-likeness (QED) is 0.459. The van der Waals surface area contributed by atoms with E-state index in [0.717, 1.165) is 0 Å². The SMILES string of the molecule is CCO/C=C/C(=O)c1cccc(Cl)c1Cl. The largest absolute Gasteiger partial charge is 0.501 e. The van der Waals surface area contributed by atoms with E-state index in [1.807, 2.05) is 6.92 Å². The summed E-state index contributed by atoms with van der Waals surface area (Å²) in [5.74, 6) is -0.226. The van der Waals surface area contributed by atoms with Crippen LogP contribution in [0.1, 0.15) is 17.3 Å². The third-order valence-electron chi connectivity index (χ3n) is 1.70. The van der Waals surface area contributed by atoms with Crippen molar-refractivity contribution < 1.29 is 9.53 Å². The molecule has 0 atom stereocenters. The van der Waals surface area contributed by atoms with Crippen LogP contribution in [0.5, 0.6) is 0 Å². The molecule has 80 valence electrons. The summed E-state index contributed by atoms with van der Waals surface area (Å²) in [6, 6.07) is 4.93. The van der Waals surface area contributed by atoms with Gasteiger partial charge in [0.25, 0.3) is 0 Å². The molecule has 0 N–H and O–H groups in total. The average Bonchev–Trinajstić information content (AvgIpc) is 2.22. The standard InChI is InChI=1S/C11H10Cl2O2/c1-2-15-7-6-10(14)8-4-3-5-9(12)11(8)13/h3-7H,2H2,1H3/b7-6+. The maximum atomic E-state index is 11.6. The zero-order valence-electron chi connectivity index (χ0n) is 8.17. The van der Waals surface area contributed by atoms with Gasteiger partial charge in [0.15, 0.2) is 5.78 Å². The minimum Gasteiger partial charge on any atom is -0.501 e. The Kier molecular flexibility index (Phi) is 4.66. The van der Waals surface area contributed by atoms with Crippen LogP contribution in [-0.2, 0) is 4.74 Å². The third kappa shape index (κ3) is 3.26. The van der Waals surface area contributed by atoms with Crippen molar-refractivity contribution in [2.24, 2.45) is 0 Å². The first-order valence-electron chi connectivity index (χ1n) is 4.43. The Morgan fingerprint density at radius 1 is 1.47 bits per heavy atom. The van der Waals surface area contributed by atoms with Gasteiger partial charge in [0.2, 0.25) is 0 Å². The lowest BCUT2D eigenvalue weighted by molar-refractivity contribution is 0.104. The normalized spacial score (nSPS) is 10.6. The highest BCUT2D eigenvalue weighted by molar-refractivity contribution is 6.44. The molecule has 0 saturated carbocycles. The molecule has 0 radical (unpaired) electrons. The summed E-state index contributed by atoms with van der Waals surface area (Å²) in [7, 11) is 0. The highest BCUT2D eigenvalue weighted by Crippen LogP contribution is 2.25. The zero-order chi connectivity index (χ0) is 11.3. The van der Waals surface area contributed by atoms with Gasteiger partial charge in [-0.05, 0) is 19.1 Å². The van der Waals surface area contributed by atoms with Gasteiger partial charge in [-0.25, -0.2) is 0 Å². The Morgan fingerprint density at radius 2 is 2.20 bits per heavy atom. The minimum absolute atomic E-state index is 0.226. The Hall–Kier alpha value is -0.990. The van der Waals surface area contributed by atoms with Crippen LogP contribution in [0.3, 0.4) is 0 Å². The van der Waals surface area contributed by atoms with Crippen LogP contribution >= 0.6 is 23.2 Å². The van der Waals surface area contributed by atoms with Crippen molar-refractivity contribution in [1.29, 1.82) is 0 Å². The number of carbonyl (C=O) groups is 1. The lowest BCUT2D eigenvalue weighted by Crippen LogP contribution is -1.96. The highest BCUT2D eigenvalue weighted by atomic mass is 35.5. The van der Waals surface area contributed by atoms with E-state index >= 15 is 0 Å². The van der Waals surface area contributed by atoms with Crippen molar-refractivity contribution in [3.63, 3.8) is 0 Å². The number of carbonyl (C=O) groups excluding carboxylic acids is 1. The molecule has 0 unspecified atom stereocenters. The van der Waals surface area contributed by atoms with E-state index in [4.69, 9.17) is 27.9 Å². The number of rotatable bonds is 4. The molecule has 0 saturated heterocycles. The Morgan fingerprint density at radius 3 is 2.87 bits per heavy atom. The topological polar surface area (TPSA) is 26.3 Å². The van der Waals surface area contributed by atoms with Gasteiger partial charge in [0.05, 0.1) is 22.9 Å². The van der Waals surface area contributed by atoms with Gasteiger partial charge in [-0.1, -0.05) is 29.3 Å². The highest BCUT2D eigenvalue weighted by Gasteiger charge is 2.09. The summed E-state index contributed by atoms with van der Waals surface area (Å²) in [6.45, 7) is 2.36. The molecule has 15 heavy (non-hydrogen) atoms. The molecule has 0 aromatic heterocycles. The van der Waals surface area contributed by atoms with Gasteiger partial charge in [0.1, 0.15) is 0 Å². The fraction of sp³-hybridized carbons (Fsp3) is 0.182. The molecule has 4 heteroatoms. The van der Waals surface area contributed by atoms with Crippen LogP contribution in [0.2, 0.25) is 10.0 Å². The predicted molar refractivity (Wildman–Crippen MR) is 61.6 cm³/mol. The maximum Gasteiger partial charge on any atom is 0.190 e. The Balaban J connectivity index is 2.87. The van der Waals surface area contributed by atoms with Crippen molar-refractivity contribution in [3.05, 3.63) is 46.1 Å². The Labute approximate surface area is 98.4 Å². The molecule has 1 aromatic carbocycles. The number of allylic oxidation sites excluding steroid dienone is 1. The number of ether oxygens (including phenoxy) is 1. The van der Waals surface area contributed by atoms with E-state index < -0.39 is 0 Å². The first-order valence-corrected chi connectivity index (χ1v) is 5.19. The molecule has 2 nitrogen and oxygen atoms in total. The van der Waals surface area contributed by atoms with E-state index in [-0.39, 0.29) is 10.8 Å². The van der Waals surface area contributed by atoms with Crippen LogP contribution in [-0.4, -0.2) is 12.4 Å². The van der Waals surface area contributed by atoms with Crippen LogP contribution in [0, 0.1) is 0 Å². The van der Waals surface area contributed by atoms with E-state index in [9.17, 15) is 4.79 Å². The van der Waals surface area contributed by atoms with E-state index in [1.165, 1.54) is 12.3 Å². The van der Waals surface area contributed by atoms with Gasteiger partial charge >= 0.3 is 0 Å². The summed E-state index contributed by atoms with van der Waals surface area (Å²) >= 11 is 11.7. The lowest BCUT2D eigenvalue weighted by Gasteiger charge is -2.01. The summed E-state index contributed by atoms with van der Waals surface area (Å²) in [6.07, 6.45) is 2.67. The molecular weight excluding hydrogens is 235 g/mol. The van der Waals surface area contributed by atoms with Gasteiger partial charge < -0.3 is 4.74 Å². The molecule has 0 aliphatic rings. The second kappa shape index (κ2) is 5.79. The van der Waals surface area contributed by atoms with E-state index in [2.05, 4.69) is 0 Å². The van der Waals surface area contributed by atoms with Crippen molar-refractivity contribution >= 4 is 29.0 Å². The predicted octanol–water partition coefficient (Wildman–Crippen LogP) is 3.73. The zero-order valence-corrected chi connectivity index (χ0v) is 9.68. The van der Waals surface area contributed by atoms with Crippen LogP contribution in [0.25, 0.3) is 0 Å². The molecular formula is C11H10Cl2O2. The minimum atomic E-state index is -0.226.